The fourth-order valence-electron chi connectivity index (χ4n) is 1.24. The Morgan fingerprint density at radius 2 is 2.06 bits per heavy atom. The van der Waals surface area contributed by atoms with Gasteiger partial charge in [-0.15, -0.1) is 0 Å². The lowest BCUT2D eigenvalue weighted by atomic mass is 10.2. The van der Waals surface area contributed by atoms with Crippen molar-refractivity contribution in [2.24, 2.45) is 4.99 Å². The molecular formula is C11H8N4O3. The molecule has 0 spiro atoms. The molecule has 2 rings (SSSR count). The van der Waals surface area contributed by atoms with Gasteiger partial charge in [-0.3, -0.25) is 10.1 Å². The van der Waals surface area contributed by atoms with E-state index in [0.717, 1.165) is 0 Å². The van der Waals surface area contributed by atoms with Crippen LogP contribution in [0.1, 0.15) is 5.56 Å². The summed E-state index contributed by atoms with van der Waals surface area (Å²) in [7, 11) is 0. The van der Waals surface area contributed by atoms with Crippen molar-refractivity contribution in [3.8, 4) is 5.75 Å². The molecule has 0 aliphatic heterocycles. The van der Waals surface area contributed by atoms with Crippen LogP contribution < -0.4 is 0 Å². The van der Waals surface area contributed by atoms with E-state index in [9.17, 15) is 15.2 Å². The van der Waals surface area contributed by atoms with Crippen molar-refractivity contribution in [2.75, 3.05) is 0 Å². The first-order valence-corrected chi connectivity index (χ1v) is 4.95. The molecule has 0 saturated heterocycles. The summed E-state index contributed by atoms with van der Waals surface area (Å²) in [5.41, 5.74) is 0.111. The summed E-state index contributed by atoms with van der Waals surface area (Å²) >= 11 is 0. The number of aliphatic imine (C=N–C) groups is 1. The largest absolute Gasteiger partial charge is 0.507 e. The molecule has 0 radical (unpaired) electrons. The number of rotatable bonds is 3. The second-order valence-electron chi connectivity index (χ2n) is 3.31. The van der Waals surface area contributed by atoms with Crippen LogP contribution in [0.4, 0.5) is 11.6 Å². The van der Waals surface area contributed by atoms with Gasteiger partial charge in [-0.1, -0.05) is 0 Å². The summed E-state index contributed by atoms with van der Waals surface area (Å²) in [6, 6.07) is 5.32. The Labute approximate surface area is 102 Å². The molecule has 1 aromatic heterocycles. The quantitative estimate of drug-likeness (QED) is 0.504. The number of nitro groups is 1. The number of non-ortho nitro benzene ring substituents is 1. The van der Waals surface area contributed by atoms with E-state index in [1.807, 2.05) is 0 Å². The Balaban J connectivity index is 2.31. The third-order valence-corrected chi connectivity index (χ3v) is 2.09. The lowest BCUT2D eigenvalue weighted by Crippen LogP contribution is -1.90. The van der Waals surface area contributed by atoms with Crippen LogP contribution in [-0.2, 0) is 0 Å². The van der Waals surface area contributed by atoms with Gasteiger partial charge < -0.3 is 5.11 Å². The van der Waals surface area contributed by atoms with Crippen molar-refractivity contribution in [1.82, 2.24) is 9.97 Å². The van der Waals surface area contributed by atoms with Crippen LogP contribution in [0.25, 0.3) is 0 Å². The number of hydrogen-bond donors (Lipinski definition) is 1. The minimum absolute atomic E-state index is 0.0970. The monoisotopic (exact) mass is 244 g/mol. The summed E-state index contributed by atoms with van der Waals surface area (Å²) < 4.78 is 0. The minimum Gasteiger partial charge on any atom is -0.507 e. The van der Waals surface area contributed by atoms with Gasteiger partial charge in [-0.05, 0) is 12.1 Å². The van der Waals surface area contributed by atoms with Crippen LogP contribution in [-0.4, -0.2) is 26.2 Å². The van der Waals surface area contributed by atoms with Gasteiger partial charge >= 0.3 is 0 Å². The Bertz CT molecular complexity index is 598. The minimum atomic E-state index is -0.546. The molecule has 0 fully saturated rings. The Kier molecular flexibility index (Phi) is 3.24. The Morgan fingerprint density at radius 1 is 1.33 bits per heavy atom. The van der Waals surface area contributed by atoms with E-state index >= 15 is 0 Å². The molecule has 0 bridgehead atoms. The van der Waals surface area contributed by atoms with Gasteiger partial charge in [0.25, 0.3) is 5.69 Å². The van der Waals surface area contributed by atoms with Gasteiger partial charge in [0.1, 0.15) is 5.75 Å². The van der Waals surface area contributed by atoms with Crippen molar-refractivity contribution >= 4 is 17.9 Å². The first-order chi connectivity index (χ1) is 8.66. The number of aromatic nitrogens is 2. The van der Waals surface area contributed by atoms with Crippen LogP contribution in [0, 0.1) is 10.1 Å². The summed E-state index contributed by atoms with van der Waals surface area (Å²) in [5.74, 6) is 0.115. The van der Waals surface area contributed by atoms with Crippen molar-refractivity contribution in [3.63, 3.8) is 0 Å². The smallest absolute Gasteiger partial charge is 0.270 e. The predicted octanol–water partition coefficient (Wildman–Crippen LogP) is 1.84. The van der Waals surface area contributed by atoms with Crippen LogP contribution in [0.2, 0.25) is 0 Å². The molecular weight excluding hydrogens is 236 g/mol. The fourth-order valence-corrected chi connectivity index (χ4v) is 1.24. The SMILES string of the molecule is O=[N+]([O-])c1ccc(O)c(/C=N\c2ncccn2)c1. The zero-order chi connectivity index (χ0) is 13.0. The third kappa shape index (κ3) is 2.64. The molecule has 7 heteroatoms. The Morgan fingerprint density at radius 3 is 2.72 bits per heavy atom. The van der Waals surface area contributed by atoms with Gasteiger partial charge in [0.15, 0.2) is 0 Å². The molecule has 7 nitrogen and oxygen atoms in total. The van der Waals surface area contributed by atoms with Crippen LogP contribution in [0.15, 0.2) is 41.7 Å². The van der Waals surface area contributed by atoms with E-state index < -0.39 is 4.92 Å². The van der Waals surface area contributed by atoms with E-state index in [2.05, 4.69) is 15.0 Å². The summed E-state index contributed by atoms with van der Waals surface area (Å²) in [6.45, 7) is 0. The lowest BCUT2D eigenvalue weighted by molar-refractivity contribution is -0.384. The number of aromatic hydroxyl groups is 1. The maximum atomic E-state index is 10.6. The molecule has 0 saturated carbocycles. The van der Waals surface area contributed by atoms with Crippen molar-refractivity contribution < 1.29 is 10.0 Å². The van der Waals surface area contributed by atoms with Crippen molar-refractivity contribution in [2.45, 2.75) is 0 Å². The molecule has 1 heterocycles. The van der Waals surface area contributed by atoms with E-state index in [0.29, 0.717) is 0 Å². The van der Waals surface area contributed by atoms with Gasteiger partial charge in [-0.25, -0.2) is 15.0 Å². The highest BCUT2D eigenvalue weighted by molar-refractivity contribution is 5.85. The highest BCUT2D eigenvalue weighted by atomic mass is 16.6. The van der Waals surface area contributed by atoms with Crippen LogP contribution in [0.5, 0.6) is 5.75 Å². The molecule has 18 heavy (non-hydrogen) atoms. The van der Waals surface area contributed by atoms with E-state index in [1.165, 1.54) is 36.8 Å². The highest BCUT2D eigenvalue weighted by Crippen LogP contribution is 2.21. The molecule has 1 aromatic carbocycles. The standard InChI is InChI=1S/C11H8N4O3/c16-10-3-2-9(15(17)18)6-8(10)7-14-11-12-4-1-5-13-11/h1-7,16H/b14-7-. The van der Waals surface area contributed by atoms with Crippen LogP contribution >= 0.6 is 0 Å². The van der Waals surface area contributed by atoms with Gasteiger partial charge in [-0.2, -0.15) is 0 Å². The van der Waals surface area contributed by atoms with Crippen LogP contribution in [0.3, 0.4) is 0 Å². The van der Waals surface area contributed by atoms with E-state index in [-0.39, 0.29) is 22.9 Å². The lowest BCUT2D eigenvalue weighted by Gasteiger charge is -1.98. The summed E-state index contributed by atoms with van der Waals surface area (Å²) in [5, 5.41) is 20.1. The Hall–Kier alpha value is -2.83. The first kappa shape index (κ1) is 11.6. The molecule has 90 valence electrons. The van der Waals surface area contributed by atoms with E-state index in [4.69, 9.17) is 0 Å². The van der Waals surface area contributed by atoms with Crippen molar-refractivity contribution in [3.05, 3.63) is 52.3 Å². The first-order valence-electron chi connectivity index (χ1n) is 4.95. The maximum absolute atomic E-state index is 10.6. The molecule has 0 aliphatic carbocycles. The molecule has 0 atom stereocenters. The molecule has 0 unspecified atom stereocenters. The zero-order valence-electron chi connectivity index (χ0n) is 9.09. The summed E-state index contributed by atoms with van der Waals surface area (Å²) in [6.07, 6.45) is 4.32. The molecule has 0 aliphatic rings. The summed E-state index contributed by atoms with van der Waals surface area (Å²) in [4.78, 5) is 21.7. The number of benzene rings is 1. The second kappa shape index (κ2) is 5.00. The maximum Gasteiger partial charge on any atom is 0.270 e. The average molecular weight is 244 g/mol. The highest BCUT2D eigenvalue weighted by Gasteiger charge is 2.08. The topological polar surface area (TPSA) is 102 Å². The third-order valence-electron chi connectivity index (χ3n) is 2.09. The zero-order valence-corrected chi connectivity index (χ0v) is 9.09. The fraction of sp³-hybridized carbons (Fsp3) is 0. The predicted molar refractivity (Wildman–Crippen MR) is 64.0 cm³/mol. The number of nitro benzene ring substituents is 1. The van der Waals surface area contributed by atoms with Gasteiger partial charge in [0.2, 0.25) is 5.95 Å². The molecule has 0 amide bonds. The van der Waals surface area contributed by atoms with Gasteiger partial charge in [0.05, 0.1) is 4.92 Å². The molecule has 1 N–H and O–H groups in total. The average Bonchev–Trinajstić information content (AvgIpc) is 2.38. The number of hydrogen-bond acceptors (Lipinski definition) is 6. The number of nitrogens with zero attached hydrogens (tertiary/aromatic N) is 4. The number of phenols is 1. The second-order valence-corrected chi connectivity index (χ2v) is 3.31. The van der Waals surface area contributed by atoms with E-state index in [1.54, 1.807) is 6.07 Å². The number of phenolic OH excluding ortho intramolecular Hbond substituents is 1. The normalized spacial score (nSPS) is 10.7. The van der Waals surface area contributed by atoms with Gasteiger partial charge in [0, 0.05) is 36.3 Å². The molecule has 2 aromatic rings. The van der Waals surface area contributed by atoms with Crippen molar-refractivity contribution in [1.29, 1.82) is 0 Å².